The van der Waals surface area contributed by atoms with Gasteiger partial charge in [0.15, 0.2) is 0 Å². The van der Waals surface area contributed by atoms with Crippen molar-refractivity contribution in [3.05, 3.63) is 0 Å². The Morgan fingerprint density at radius 2 is 2.33 bits per heavy atom. The van der Waals surface area contributed by atoms with Crippen LogP contribution in [0.1, 0.15) is 33.1 Å². The van der Waals surface area contributed by atoms with Crippen LogP contribution in [0.5, 0.6) is 0 Å². The molecular weight excluding hydrogens is 152 g/mol. The molecule has 0 saturated carbocycles. The second-order valence-corrected chi connectivity index (χ2v) is 4.44. The Balaban J connectivity index is 2.41. The number of carbonyl (C=O) groups is 1. The molecule has 1 atom stereocenters. The summed E-state index contributed by atoms with van der Waals surface area (Å²) in [6, 6.07) is 0.297. The topological polar surface area (TPSA) is 55.1 Å². The average molecular weight is 170 g/mol. The van der Waals surface area contributed by atoms with Gasteiger partial charge in [0.2, 0.25) is 5.91 Å². The van der Waals surface area contributed by atoms with Crippen LogP contribution in [0, 0.1) is 5.41 Å². The Morgan fingerprint density at radius 3 is 2.83 bits per heavy atom. The quantitative estimate of drug-likeness (QED) is 0.639. The molecule has 1 unspecified atom stereocenters. The number of amides is 1. The highest BCUT2D eigenvalue weighted by Gasteiger charge is 2.28. The SMILES string of the molecule is CC1(C)CCNC(CC(N)=O)C1. The van der Waals surface area contributed by atoms with Crippen molar-refractivity contribution in [3.8, 4) is 0 Å². The molecule has 0 bridgehead atoms. The normalized spacial score (nSPS) is 28.3. The average Bonchev–Trinajstić information content (AvgIpc) is 1.82. The van der Waals surface area contributed by atoms with Gasteiger partial charge in [-0.25, -0.2) is 0 Å². The summed E-state index contributed by atoms with van der Waals surface area (Å²) < 4.78 is 0. The van der Waals surface area contributed by atoms with E-state index in [2.05, 4.69) is 19.2 Å². The lowest BCUT2D eigenvalue weighted by molar-refractivity contribution is -0.118. The number of primary amides is 1. The summed E-state index contributed by atoms with van der Waals surface area (Å²) in [7, 11) is 0. The Morgan fingerprint density at radius 1 is 1.67 bits per heavy atom. The molecule has 0 radical (unpaired) electrons. The van der Waals surface area contributed by atoms with Crippen molar-refractivity contribution in [1.29, 1.82) is 0 Å². The predicted molar refractivity (Wildman–Crippen MR) is 48.6 cm³/mol. The van der Waals surface area contributed by atoms with Gasteiger partial charge in [-0.05, 0) is 24.8 Å². The second kappa shape index (κ2) is 3.44. The molecule has 1 rings (SSSR count). The van der Waals surface area contributed by atoms with E-state index in [1.165, 1.54) is 6.42 Å². The van der Waals surface area contributed by atoms with Gasteiger partial charge >= 0.3 is 0 Å². The molecule has 0 aliphatic carbocycles. The van der Waals surface area contributed by atoms with Gasteiger partial charge in [0.05, 0.1) is 0 Å². The number of carbonyl (C=O) groups excluding carboxylic acids is 1. The zero-order valence-corrected chi connectivity index (χ0v) is 7.89. The highest BCUT2D eigenvalue weighted by Crippen LogP contribution is 2.30. The molecule has 70 valence electrons. The van der Waals surface area contributed by atoms with E-state index in [1.807, 2.05) is 0 Å². The third-order valence-electron chi connectivity index (χ3n) is 2.48. The minimum atomic E-state index is -0.204. The maximum absolute atomic E-state index is 10.7. The van der Waals surface area contributed by atoms with Gasteiger partial charge in [-0.1, -0.05) is 13.8 Å². The van der Waals surface area contributed by atoms with E-state index in [4.69, 9.17) is 5.73 Å². The molecule has 12 heavy (non-hydrogen) atoms. The van der Waals surface area contributed by atoms with Crippen molar-refractivity contribution >= 4 is 5.91 Å². The minimum Gasteiger partial charge on any atom is -0.370 e. The fraction of sp³-hybridized carbons (Fsp3) is 0.889. The number of hydrogen-bond acceptors (Lipinski definition) is 2. The summed E-state index contributed by atoms with van der Waals surface area (Å²) in [5.74, 6) is -0.204. The van der Waals surface area contributed by atoms with E-state index in [0.29, 0.717) is 17.9 Å². The van der Waals surface area contributed by atoms with Crippen molar-refractivity contribution in [1.82, 2.24) is 5.32 Å². The summed E-state index contributed by atoms with van der Waals surface area (Å²) in [6.07, 6.45) is 2.71. The lowest BCUT2D eigenvalue weighted by atomic mass is 9.79. The molecule has 0 aromatic heterocycles. The van der Waals surface area contributed by atoms with Crippen LogP contribution in [0.25, 0.3) is 0 Å². The summed E-state index contributed by atoms with van der Waals surface area (Å²) in [5.41, 5.74) is 5.50. The molecule has 0 aromatic rings. The second-order valence-electron chi connectivity index (χ2n) is 4.44. The fourth-order valence-corrected chi connectivity index (χ4v) is 1.84. The largest absolute Gasteiger partial charge is 0.370 e. The van der Waals surface area contributed by atoms with E-state index in [-0.39, 0.29) is 5.91 Å². The lowest BCUT2D eigenvalue weighted by Gasteiger charge is -2.35. The smallest absolute Gasteiger partial charge is 0.218 e. The van der Waals surface area contributed by atoms with Crippen molar-refractivity contribution < 1.29 is 4.79 Å². The maximum Gasteiger partial charge on any atom is 0.218 e. The zero-order valence-electron chi connectivity index (χ0n) is 7.89. The molecule has 1 aliphatic heterocycles. The predicted octanol–water partition coefficient (Wildman–Crippen LogP) is 0.640. The molecule has 1 aliphatic rings. The fourth-order valence-electron chi connectivity index (χ4n) is 1.84. The van der Waals surface area contributed by atoms with E-state index < -0.39 is 0 Å². The summed E-state index contributed by atoms with van der Waals surface area (Å²) in [6.45, 7) is 5.48. The first kappa shape index (κ1) is 9.52. The summed E-state index contributed by atoms with van der Waals surface area (Å²) in [4.78, 5) is 10.7. The maximum atomic E-state index is 10.7. The Bertz CT molecular complexity index is 177. The Labute approximate surface area is 73.7 Å². The molecule has 0 aromatic carbocycles. The molecule has 3 N–H and O–H groups in total. The van der Waals surface area contributed by atoms with Crippen LogP contribution in [0.4, 0.5) is 0 Å². The van der Waals surface area contributed by atoms with Crippen LogP contribution < -0.4 is 11.1 Å². The Hall–Kier alpha value is -0.570. The van der Waals surface area contributed by atoms with Crippen LogP contribution in [-0.4, -0.2) is 18.5 Å². The van der Waals surface area contributed by atoms with Gasteiger partial charge < -0.3 is 11.1 Å². The van der Waals surface area contributed by atoms with Crippen LogP contribution in [-0.2, 0) is 4.79 Å². The Kier molecular flexibility index (Phi) is 2.73. The zero-order chi connectivity index (χ0) is 9.19. The molecule has 3 nitrogen and oxygen atoms in total. The molecule has 1 fully saturated rings. The van der Waals surface area contributed by atoms with Gasteiger partial charge in [-0.2, -0.15) is 0 Å². The molecule has 1 saturated heterocycles. The lowest BCUT2D eigenvalue weighted by Crippen LogP contribution is -2.43. The third-order valence-corrected chi connectivity index (χ3v) is 2.48. The van der Waals surface area contributed by atoms with Gasteiger partial charge in [0.25, 0.3) is 0 Å². The number of piperidine rings is 1. The highest BCUT2D eigenvalue weighted by molar-refractivity contribution is 5.74. The van der Waals surface area contributed by atoms with E-state index in [0.717, 1.165) is 13.0 Å². The van der Waals surface area contributed by atoms with Crippen molar-refractivity contribution in [3.63, 3.8) is 0 Å². The van der Waals surface area contributed by atoms with Gasteiger partial charge in [0.1, 0.15) is 0 Å². The van der Waals surface area contributed by atoms with Gasteiger partial charge in [-0.15, -0.1) is 0 Å². The standard InChI is InChI=1S/C9H18N2O/c1-9(2)3-4-11-7(6-9)5-8(10)12/h7,11H,3-6H2,1-2H3,(H2,10,12). The monoisotopic (exact) mass is 170 g/mol. The minimum absolute atomic E-state index is 0.204. The van der Waals surface area contributed by atoms with E-state index in [9.17, 15) is 4.79 Å². The summed E-state index contributed by atoms with van der Waals surface area (Å²) in [5, 5.41) is 3.31. The molecule has 0 spiro atoms. The van der Waals surface area contributed by atoms with Crippen molar-refractivity contribution in [2.24, 2.45) is 11.1 Å². The van der Waals surface area contributed by atoms with Crippen LogP contribution >= 0.6 is 0 Å². The first-order valence-corrected chi connectivity index (χ1v) is 4.51. The first-order valence-electron chi connectivity index (χ1n) is 4.51. The van der Waals surface area contributed by atoms with Crippen LogP contribution in [0.3, 0.4) is 0 Å². The number of nitrogens with two attached hydrogens (primary N) is 1. The molecule has 1 amide bonds. The number of nitrogens with one attached hydrogen (secondary N) is 1. The van der Waals surface area contributed by atoms with E-state index >= 15 is 0 Å². The number of rotatable bonds is 2. The highest BCUT2D eigenvalue weighted by atomic mass is 16.1. The first-order chi connectivity index (χ1) is 5.49. The van der Waals surface area contributed by atoms with Crippen LogP contribution in [0.2, 0.25) is 0 Å². The van der Waals surface area contributed by atoms with E-state index in [1.54, 1.807) is 0 Å². The van der Waals surface area contributed by atoms with Gasteiger partial charge in [0, 0.05) is 12.5 Å². The molecular formula is C9H18N2O. The summed E-state index contributed by atoms with van der Waals surface area (Å²) >= 11 is 0. The molecule has 3 heteroatoms. The number of hydrogen-bond donors (Lipinski definition) is 2. The van der Waals surface area contributed by atoms with Crippen molar-refractivity contribution in [2.45, 2.75) is 39.2 Å². The third kappa shape index (κ3) is 2.81. The van der Waals surface area contributed by atoms with Crippen LogP contribution in [0.15, 0.2) is 0 Å². The van der Waals surface area contributed by atoms with Crippen molar-refractivity contribution in [2.75, 3.05) is 6.54 Å². The molecule has 1 heterocycles. The van der Waals surface area contributed by atoms with Gasteiger partial charge in [-0.3, -0.25) is 4.79 Å².